The van der Waals surface area contributed by atoms with E-state index in [1.165, 1.54) is 22.5 Å². The molecule has 0 radical (unpaired) electrons. The maximum absolute atomic E-state index is 10.3. The number of nitrogens with zero attached hydrogens (tertiary/aromatic N) is 2. The topological polar surface area (TPSA) is 71.0 Å². The van der Waals surface area contributed by atoms with Gasteiger partial charge in [0.1, 0.15) is 11.5 Å². The van der Waals surface area contributed by atoms with Gasteiger partial charge in [0.05, 0.1) is 6.67 Å². The summed E-state index contributed by atoms with van der Waals surface area (Å²) in [6.07, 6.45) is 0. The lowest BCUT2D eigenvalue weighted by atomic mass is 9.94. The molecule has 2 aliphatic heterocycles. The molecule has 2 aromatic carbocycles. The molecule has 0 spiro atoms. The first-order valence-corrected chi connectivity index (χ1v) is 8.60. The van der Waals surface area contributed by atoms with Crippen LogP contribution < -0.4 is 20.4 Å². The van der Waals surface area contributed by atoms with Gasteiger partial charge in [0.15, 0.2) is 0 Å². The fourth-order valence-electron chi connectivity index (χ4n) is 4.04. The number of phenols is 2. The molecule has 6 nitrogen and oxygen atoms in total. The molecule has 0 atom stereocenters. The smallest absolute Gasteiger partial charge is 0.120 e. The van der Waals surface area contributed by atoms with Crippen LogP contribution in [-0.4, -0.2) is 31.0 Å². The summed E-state index contributed by atoms with van der Waals surface area (Å²) in [6, 6.07) is 7.58. The minimum atomic E-state index is 0.345. The third kappa shape index (κ3) is 2.49. The Labute approximate surface area is 147 Å². The Hall–Kier alpha value is -2.44. The van der Waals surface area contributed by atoms with E-state index in [1.54, 1.807) is 12.1 Å². The molecule has 0 unspecified atom stereocenters. The number of hydrogen-bond donors (Lipinski definition) is 4. The second-order valence-corrected chi connectivity index (χ2v) is 6.72. The van der Waals surface area contributed by atoms with Crippen LogP contribution in [0.4, 0.5) is 11.4 Å². The highest BCUT2D eigenvalue weighted by atomic mass is 16.3. The van der Waals surface area contributed by atoms with Crippen LogP contribution in [0.15, 0.2) is 24.3 Å². The SMILES string of the molecule is CNCc1c(O)ccc2c1CN1CN2Cc2c1ccc(O)c2CNC. The van der Waals surface area contributed by atoms with Gasteiger partial charge in [0, 0.05) is 59.8 Å². The van der Waals surface area contributed by atoms with Gasteiger partial charge in [0.25, 0.3) is 0 Å². The molecule has 4 rings (SSSR count). The summed E-state index contributed by atoms with van der Waals surface area (Å²) in [7, 11) is 3.79. The van der Waals surface area contributed by atoms with Crippen molar-refractivity contribution < 1.29 is 10.2 Å². The normalized spacial score (nSPS) is 15.1. The zero-order chi connectivity index (χ0) is 17.6. The zero-order valence-electron chi connectivity index (χ0n) is 14.6. The Morgan fingerprint density at radius 1 is 0.800 bits per heavy atom. The number of rotatable bonds is 4. The Balaban J connectivity index is 1.81. The van der Waals surface area contributed by atoms with E-state index < -0.39 is 0 Å². The molecule has 2 bridgehead atoms. The molecule has 0 aliphatic carbocycles. The summed E-state index contributed by atoms with van der Waals surface area (Å²) < 4.78 is 0. The highest BCUT2D eigenvalue weighted by Gasteiger charge is 2.33. The summed E-state index contributed by atoms with van der Waals surface area (Å²) in [5, 5.41) is 26.9. The van der Waals surface area contributed by atoms with E-state index in [0.29, 0.717) is 24.6 Å². The van der Waals surface area contributed by atoms with E-state index in [1.807, 2.05) is 26.2 Å². The van der Waals surface area contributed by atoms with Crippen molar-refractivity contribution >= 4 is 11.4 Å². The molecule has 0 amide bonds. The number of aromatic hydroxyl groups is 2. The monoisotopic (exact) mass is 340 g/mol. The van der Waals surface area contributed by atoms with E-state index in [4.69, 9.17) is 0 Å². The van der Waals surface area contributed by atoms with Gasteiger partial charge < -0.3 is 30.6 Å². The number of nitrogens with one attached hydrogen (secondary N) is 2. The highest BCUT2D eigenvalue weighted by Crippen LogP contribution is 2.43. The zero-order valence-corrected chi connectivity index (χ0v) is 14.6. The fraction of sp³-hybridized carbons (Fsp3) is 0.368. The standard InChI is InChI=1S/C19H24N4O2/c1-20-7-12-14-9-22-11-23(16(14)3-5-18(12)24)10-15-13(8-21-2)19(25)6-4-17(15)22/h3-6,20-21,24-25H,7-11H2,1-2H3. The van der Waals surface area contributed by atoms with Crippen LogP contribution in [0, 0.1) is 0 Å². The van der Waals surface area contributed by atoms with E-state index in [0.717, 1.165) is 30.9 Å². The van der Waals surface area contributed by atoms with Gasteiger partial charge in [-0.05, 0) is 38.4 Å². The second-order valence-electron chi connectivity index (χ2n) is 6.72. The molecule has 0 fully saturated rings. The van der Waals surface area contributed by atoms with Crippen molar-refractivity contribution in [3.05, 3.63) is 46.5 Å². The number of anilines is 2. The van der Waals surface area contributed by atoms with E-state index in [-0.39, 0.29) is 0 Å². The van der Waals surface area contributed by atoms with Crippen LogP contribution >= 0.6 is 0 Å². The Bertz CT molecular complexity index is 754. The Kier molecular flexibility index (Phi) is 3.94. The van der Waals surface area contributed by atoms with Gasteiger partial charge in [-0.3, -0.25) is 0 Å². The van der Waals surface area contributed by atoms with Crippen molar-refractivity contribution in [2.45, 2.75) is 26.2 Å². The lowest BCUT2D eigenvalue weighted by molar-refractivity contribution is 0.462. The third-order valence-electron chi connectivity index (χ3n) is 5.19. The van der Waals surface area contributed by atoms with Crippen LogP contribution in [0.1, 0.15) is 22.3 Å². The molecule has 132 valence electrons. The number of benzene rings is 2. The van der Waals surface area contributed by atoms with Gasteiger partial charge in [-0.2, -0.15) is 0 Å². The molecule has 2 aromatic rings. The minimum Gasteiger partial charge on any atom is -0.508 e. The molecule has 2 heterocycles. The molecule has 6 heteroatoms. The lowest BCUT2D eigenvalue weighted by Gasteiger charge is -2.46. The van der Waals surface area contributed by atoms with Crippen molar-refractivity contribution in [3.63, 3.8) is 0 Å². The summed E-state index contributed by atoms with van der Waals surface area (Å²) in [5.41, 5.74) is 6.62. The van der Waals surface area contributed by atoms with Crippen LogP contribution in [-0.2, 0) is 26.2 Å². The maximum Gasteiger partial charge on any atom is 0.120 e. The quantitative estimate of drug-likeness (QED) is 0.681. The van der Waals surface area contributed by atoms with Crippen molar-refractivity contribution in [1.82, 2.24) is 10.6 Å². The van der Waals surface area contributed by atoms with Crippen molar-refractivity contribution in [1.29, 1.82) is 0 Å². The summed E-state index contributed by atoms with van der Waals surface area (Å²) in [5.74, 6) is 0.689. The lowest BCUT2D eigenvalue weighted by Crippen LogP contribution is -2.47. The van der Waals surface area contributed by atoms with Crippen LogP contribution in [0.5, 0.6) is 11.5 Å². The molecular formula is C19H24N4O2. The van der Waals surface area contributed by atoms with Crippen LogP contribution in [0.2, 0.25) is 0 Å². The van der Waals surface area contributed by atoms with Gasteiger partial charge >= 0.3 is 0 Å². The van der Waals surface area contributed by atoms with E-state index >= 15 is 0 Å². The predicted octanol–water partition coefficient (Wildman–Crippen LogP) is 1.83. The molecule has 2 aliphatic rings. The maximum atomic E-state index is 10.3. The molecule has 25 heavy (non-hydrogen) atoms. The molecule has 4 N–H and O–H groups in total. The van der Waals surface area contributed by atoms with E-state index in [9.17, 15) is 10.2 Å². The average molecular weight is 340 g/mol. The molecule has 0 saturated carbocycles. The fourth-order valence-corrected chi connectivity index (χ4v) is 4.04. The third-order valence-corrected chi connectivity index (χ3v) is 5.19. The van der Waals surface area contributed by atoms with Gasteiger partial charge in [0.2, 0.25) is 0 Å². The molecule has 0 saturated heterocycles. The summed E-state index contributed by atoms with van der Waals surface area (Å²) >= 11 is 0. The second kappa shape index (κ2) is 6.13. The van der Waals surface area contributed by atoms with Crippen molar-refractivity contribution in [2.24, 2.45) is 0 Å². The van der Waals surface area contributed by atoms with E-state index in [2.05, 4.69) is 20.4 Å². The number of phenolic OH excluding ortho intramolecular Hbond substituents is 2. The van der Waals surface area contributed by atoms with Crippen molar-refractivity contribution in [2.75, 3.05) is 30.6 Å². The van der Waals surface area contributed by atoms with Crippen LogP contribution in [0.3, 0.4) is 0 Å². The first-order valence-electron chi connectivity index (χ1n) is 8.60. The van der Waals surface area contributed by atoms with Crippen molar-refractivity contribution in [3.8, 4) is 11.5 Å². The first-order chi connectivity index (χ1) is 12.1. The molecular weight excluding hydrogens is 316 g/mol. The predicted molar refractivity (Wildman–Crippen MR) is 99.0 cm³/mol. The average Bonchev–Trinajstić information content (AvgIpc) is 2.60. The summed E-state index contributed by atoms with van der Waals surface area (Å²) in [4.78, 5) is 4.64. The van der Waals surface area contributed by atoms with Gasteiger partial charge in [-0.25, -0.2) is 0 Å². The largest absolute Gasteiger partial charge is 0.508 e. The Morgan fingerprint density at radius 3 is 1.64 bits per heavy atom. The highest BCUT2D eigenvalue weighted by molar-refractivity contribution is 5.72. The number of fused-ring (bicyclic) bond motifs is 6. The molecule has 0 aromatic heterocycles. The minimum absolute atomic E-state index is 0.345. The van der Waals surface area contributed by atoms with Gasteiger partial charge in [-0.1, -0.05) is 0 Å². The number of hydrogen-bond acceptors (Lipinski definition) is 6. The van der Waals surface area contributed by atoms with Gasteiger partial charge in [-0.15, -0.1) is 0 Å². The summed E-state index contributed by atoms with van der Waals surface area (Å²) in [6.45, 7) is 3.63. The van der Waals surface area contributed by atoms with Crippen LogP contribution in [0.25, 0.3) is 0 Å². The Morgan fingerprint density at radius 2 is 1.24 bits per heavy atom. The first kappa shape index (κ1) is 16.1.